The molecule has 0 spiro atoms. The van der Waals surface area contributed by atoms with Gasteiger partial charge < -0.3 is 26.0 Å². The van der Waals surface area contributed by atoms with E-state index in [9.17, 15) is 19.2 Å². The maximum Gasteiger partial charge on any atom is 0.325 e. The van der Waals surface area contributed by atoms with Crippen LogP contribution in [0.4, 0.5) is 4.79 Å². The van der Waals surface area contributed by atoms with Crippen LogP contribution in [0.15, 0.2) is 0 Å². The van der Waals surface area contributed by atoms with Crippen molar-refractivity contribution >= 4 is 23.8 Å². The summed E-state index contributed by atoms with van der Waals surface area (Å²) in [7, 11) is 0. The van der Waals surface area contributed by atoms with Gasteiger partial charge in [-0.3, -0.25) is 14.4 Å². The quantitative estimate of drug-likeness (QED) is 0.571. The molecule has 142 valence electrons. The van der Waals surface area contributed by atoms with Gasteiger partial charge in [0.05, 0.1) is 0 Å². The number of carbonyl (C=O) groups is 4. The molecule has 0 unspecified atom stereocenters. The van der Waals surface area contributed by atoms with Crippen LogP contribution < -0.4 is 16.4 Å². The molecule has 9 nitrogen and oxygen atoms in total. The molecule has 1 aliphatic heterocycles. The lowest BCUT2D eigenvalue weighted by Crippen LogP contribution is -2.54. The minimum absolute atomic E-state index is 0.304. The van der Waals surface area contributed by atoms with E-state index in [1.54, 1.807) is 27.7 Å². The largest absolute Gasteiger partial charge is 0.459 e. The highest BCUT2D eigenvalue weighted by molar-refractivity contribution is 5.92. The summed E-state index contributed by atoms with van der Waals surface area (Å²) >= 11 is 0. The van der Waals surface area contributed by atoms with E-state index in [-0.39, 0.29) is 12.5 Å². The normalized spacial score (nSPS) is 18.4. The number of likely N-dealkylation sites (tertiary alicyclic amines) is 1. The Labute approximate surface area is 147 Å². The van der Waals surface area contributed by atoms with Crippen molar-refractivity contribution in [2.45, 2.75) is 64.6 Å². The Balaban J connectivity index is 2.54. The Hall–Kier alpha value is -2.32. The Kier molecular flexibility index (Phi) is 7.20. The molecule has 4 N–H and O–H groups in total. The number of nitrogens with one attached hydrogen (secondary N) is 2. The molecule has 1 heterocycles. The molecular formula is C16H28N4O5. The van der Waals surface area contributed by atoms with Crippen LogP contribution in [0.25, 0.3) is 0 Å². The first-order valence-corrected chi connectivity index (χ1v) is 8.41. The van der Waals surface area contributed by atoms with Crippen molar-refractivity contribution in [1.29, 1.82) is 0 Å². The van der Waals surface area contributed by atoms with Gasteiger partial charge in [0.15, 0.2) is 0 Å². The Bertz CT molecular complexity index is 529. The molecule has 1 aliphatic rings. The van der Waals surface area contributed by atoms with Gasteiger partial charge in [0, 0.05) is 6.54 Å². The third kappa shape index (κ3) is 6.60. The van der Waals surface area contributed by atoms with Gasteiger partial charge in [-0.1, -0.05) is 6.92 Å². The molecular weight excluding hydrogens is 328 g/mol. The van der Waals surface area contributed by atoms with Crippen molar-refractivity contribution in [2.24, 2.45) is 5.73 Å². The van der Waals surface area contributed by atoms with Crippen molar-refractivity contribution in [3.63, 3.8) is 0 Å². The van der Waals surface area contributed by atoms with E-state index in [0.717, 1.165) is 0 Å². The first-order chi connectivity index (χ1) is 11.5. The van der Waals surface area contributed by atoms with Crippen LogP contribution in [0.2, 0.25) is 0 Å². The summed E-state index contributed by atoms with van der Waals surface area (Å²) < 4.78 is 5.08. The lowest BCUT2D eigenvalue weighted by Gasteiger charge is -2.27. The molecule has 0 bridgehead atoms. The molecule has 0 saturated carbocycles. The zero-order valence-electron chi connectivity index (χ0n) is 15.3. The fourth-order valence-electron chi connectivity index (χ4n) is 2.60. The van der Waals surface area contributed by atoms with Crippen LogP contribution >= 0.6 is 0 Å². The lowest BCUT2D eigenvalue weighted by molar-refractivity contribution is -0.153. The van der Waals surface area contributed by atoms with E-state index in [1.165, 1.54) is 4.90 Å². The summed E-state index contributed by atoms with van der Waals surface area (Å²) in [6.45, 7) is 7.05. The number of carbonyl (C=O) groups excluding carboxylic acids is 4. The van der Waals surface area contributed by atoms with Crippen molar-refractivity contribution < 1.29 is 23.9 Å². The molecule has 4 amide bonds. The van der Waals surface area contributed by atoms with E-state index in [0.29, 0.717) is 25.8 Å². The van der Waals surface area contributed by atoms with Gasteiger partial charge in [-0.2, -0.15) is 0 Å². The van der Waals surface area contributed by atoms with Crippen molar-refractivity contribution in [3.8, 4) is 0 Å². The third-order valence-corrected chi connectivity index (χ3v) is 3.69. The van der Waals surface area contributed by atoms with Gasteiger partial charge in [0.25, 0.3) is 0 Å². The highest BCUT2D eigenvalue weighted by Crippen LogP contribution is 2.18. The third-order valence-electron chi connectivity index (χ3n) is 3.69. The molecule has 25 heavy (non-hydrogen) atoms. The summed E-state index contributed by atoms with van der Waals surface area (Å²) in [4.78, 5) is 48.9. The zero-order chi connectivity index (χ0) is 19.2. The number of primary amides is 1. The Morgan fingerprint density at radius 2 is 1.92 bits per heavy atom. The second-order valence-electron chi connectivity index (χ2n) is 6.97. The Morgan fingerprint density at radius 1 is 1.28 bits per heavy atom. The van der Waals surface area contributed by atoms with Crippen molar-refractivity contribution in [1.82, 2.24) is 15.5 Å². The number of amides is 4. The van der Waals surface area contributed by atoms with E-state index in [2.05, 4.69) is 10.6 Å². The molecule has 1 fully saturated rings. The molecule has 1 rings (SSSR count). The summed E-state index contributed by atoms with van der Waals surface area (Å²) in [5.74, 6) is -1.47. The minimum atomic E-state index is -0.793. The molecule has 1 saturated heterocycles. The monoisotopic (exact) mass is 356 g/mol. The lowest BCUT2D eigenvalue weighted by atomic mass is 10.1. The molecule has 2 atom stereocenters. The first kappa shape index (κ1) is 20.7. The number of rotatable bonds is 6. The van der Waals surface area contributed by atoms with Gasteiger partial charge in [-0.05, 0) is 40.0 Å². The van der Waals surface area contributed by atoms with Gasteiger partial charge in [0.1, 0.15) is 24.2 Å². The first-order valence-electron chi connectivity index (χ1n) is 8.41. The number of nitrogens with two attached hydrogens (primary N) is 1. The number of ether oxygens (including phenoxy) is 1. The summed E-state index contributed by atoms with van der Waals surface area (Å²) in [5.41, 5.74) is 4.67. The van der Waals surface area contributed by atoms with Crippen molar-refractivity contribution in [2.75, 3.05) is 13.1 Å². The fourth-order valence-corrected chi connectivity index (χ4v) is 2.60. The maximum atomic E-state index is 12.5. The Morgan fingerprint density at radius 3 is 2.44 bits per heavy atom. The predicted molar refractivity (Wildman–Crippen MR) is 90.4 cm³/mol. The van der Waals surface area contributed by atoms with Gasteiger partial charge in [-0.15, -0.1) is 0 Å². The predicted octanol–water partition coefficient (Wildman–Crippen LogP) is -0.118. The van der Waals surface area contributed by atoms with Crippen molar-refractivity contribution in [3.05, 3.63) is 0 Å². The van der Waals surface area contributed by atoms with Crippen LogP contribution in [-0.2, 0) is 19.1 Å². The molecule has 0 radical (unpaired) electrons. The van der Waals surface area contributed by atoms with Crippen LogP contribution in [0.5, 0.6) is 0 Å². The number of esters is 1. The average Bonchev–Trinajstić information content (AvgIpc) is 2.98. The van der Waals surface area contributed by atoms with Crippen LogP contribution in [0, 0.1) is 0 Å². The van der Waals surface area contributed by atoms with E-state index in [4.69, 9.17) is 10.5 Å². The molecule has 9 heteroatoms. The van der Waals surface area contributed by atoms with Crippen LogP contribution in [0.1, 0.15) is 47.0 Å². The topological polar surface area (TPSA) is 131 Å². The molecule has 0 aromatic rings. The number of urea groups is 1. The average molecular weight is 356 g/mol. The number of nitrogens with zero attached hydrogens (tertiary/aromatic N) is 1. The molecule has 0 aromatic carbocycles. The summed E-state index contributed by atoms with van der Waals surface area (Å²) in [6, 6.07) is -2.08. The standard InChI is InChI=1S/C16H28N4O5/c1-5-10(14(23)20-8-6-7-11(20)13(17)22)19-15(24)18-9-12(21)25-16(2,3)4/h10-11H,5-9H2,1-4H3,(H2,17,22)(H2,18,19,24)/t10-,11-/m0/s1. The number of hydrogen-bond acceptors (Lipinski definition) is 5. The molecule has 0 aromatic heterocycles. The fraction of sp³-hybridized carbons (Fsp3) is 0.750. The van der Waals surface area contributed by atoms with E-state index >= 15 is 0 Å². The highest BCUT2D eigenvalue weighted by Gasteiger charge is 2.36. The molecule has 0 aliphatic carbocycles. The van der Waals surface area contributed by atoms with Crippen LogP contribution in [-0.4, -0.2) is 59.5 Å². The smallest absolute Gasteiger partial charge is 0.325 e. The second-order valence-corrected chi connectivity index (χ2v) is 6.97. The highest BCUT2D eigenvalue weighted by atomic mass is 16.6. The van der Waals surface area contributed by atoms with E-state index in [1.807, 2.05) is 0 Å². The maximum absolute atomic E-state index is 12.5. The summed E-state index contributed by atoms with van der Waals surface area (Å²) in [6.07, 6.45) is 1.57. The zero-order valence-corrected chi connectivity index (χ0v) is 15.3. The van der Waals surface area contributed by atoms with Crippen LogP contribution in [0.3, 0.4) is 0 Å². The summed E-state index contributed by atoms with van der Waals surface area (Å²) in [5, 5.41) is 4.88. The number of hydrogen-bond donors (Lipinski definition) is 3. The van der Waals surface area contributed by atoms with E-state index < -0.39 is 35.6 Å². The minimum Gasteiger partial charge on any atom is -0.459 e. The van der Waals surface area contributed by atoms with Gasteiger partial charge in [0.2, 0.25) is 11.8 Å². The van der Waals surface area contributed by atoms with Gasteiger partial charge in [-0.25, -0.2) is 4.79 Å². The SMILES string of the molecule is CC[C@H](NC(=O)NCC(=O)OC(C)(C)C)C(=O)N1CCC[C@H]1C(N)=O. The van der Waals surface area contributed by atoms with Gasteiger partial charge >= 0.3 is 12.0 Å². The second kappa shape index (κ2) is 8.68.